The molecule has 0 spiro atoms. The van der Waals surface area contributed by atoms with Gasteiger partial charge in [-0.05, 0) is 35.9 Å². The van der Waals surface area contributed by atoms with E-state index in [1.807, 2.05) is 24.3 Å². The molecule has 0 bridgehead atoms. The molecular weight excluding hydrogens is 253 g/mol. The third-order valence-electron chi connectivity index (χ3n) is 2.54. The van der Waals surface area contributed by atoms with E-state index in [1.54, 1.807) is 6.07 Å². The normalized spacial score (nSPS) is 10.4. The molecule has 0 aliphatic heterocycles. The van der Waals surface area contributed by atoms with Crippen molar-refractivity contribution >= 4 is 11.6 Å². The Hall–Kier alpha value is -1.58. The van der Waals surface area contributed by atoms with Crippen molar-refractivity contribution in [3.05, 3.63) is 64.4 Å². The van der Waals surface area contributed by atoms with Crippen LogP contribution in [0.1, 0.15) is 11.1 Å². The minimum absolute atomic E-state index is 0.139. The molecule has 0 radical (unpaired) electrons. The van der Waals surface area contributed by atoms with Crippen molar-refractivity contribution < 1.29 is 9.13 Å². The van der Waals surface area contributed by atoms with E-state index in [-0.39, 0.29) is 12.4 Å². The monoisotopic (exact) mass is 265 g/mol. The van der Waals surface area contributed by atoms with E-state index in [1.165, 1.54) is 12.1 Å². The number of hydrogen-bond acceptors (Lipinski definition) is 2. The summed E-state index contributed by atoms with van der Waals surface area (Å²) in [5, 5.41) is 0.491. The zero-order valence-corrected chi connectivity index (χ0v) is 10.5. The fourth-order valence-electron chi connectivity index (χ4n) is 1.58. The van der Waals surface area contributed by atoms with Gasteiger partial charge in [-0.1, -0.05) is 23.7 Å². The molecule has 0 aromatic heterocycles. The Morgan fingerprint density at radius 2 is 2.00 bits per heavy atom. The SMILES string of the molecule is NCc1cccc(OCc2cc(Cl)ccc2F)c1. The van der Waals surface area contributed by atoms with Crippen LogP contribution in [0.25, 0.3) is 0 Å². The molecule has 0 heterocycles. The quantitative estimate of drug-likeness (QED) is 0.918. The summed E-state index contributed by atoms with van der Waals surface area (Å²) in [6, 6.07) is 11.8. The molecular formula is C14H13ClFNO. The molecule has 0 unspecified atom stereocenters. The zero-order chi connectivity index (χ0) is 13.0. The van der Waals surface area contributed by atoms with E-state index < -0.39 is 0 Å². The van der Waals surface area contributed by atoms with Gasteiger partial charge >= 0.3 is 0 Å². The number of halogens is 2. The number of nitrogens with two attached hydrogens (primary N) is 1. The van der Waals surface area contributed by atoms with Gasteiger partial charge in [0.05, 0.1) is 0 Å². The second-order valence-corrected chi connectivity index (χ2v) is 4.31. The molecule has 0 amide bonds. The first-order chi connectivity index (χ1) is 8.69. The van der Waals surface area contributed by atoms with Crippen molar-refractivity contribution in [2.45, 2.75) is 13.2 Å². The van der Waals surface area contributed by atoms with Crippen LogP contribution >= 0.6 is 11.6 Å². The van der Waals surface area contributed by atoms with Gasteiger partial charge in [0.25, 0.3) is 0 Å². The number of ether oxygens (including phenoxy) is 1. The summed E-state index contributed by atoms with van der Waals surface area (Å²) >= 11 is 5.81. The van der Waals surface area contributed by atoms with E-state index in [0.29, 0.717) is 22.9 Å². The summed E-state index contributed by atoms with van der Waals surface area (Å²) in [7, 11) is 0. The smallest absolute Gasteiger partial charge is 0.129 e. The molecule has 18 heavy (non-hydrogen) atoms. The van der Waals surface area contributed by atoms with Crippen LogP contribution in [0.3, 0.4) is 0 Å². The third-order valence-corrected chi connectivity index (χ3v) is 2.77. The third kappa shape index (κ3) is 3.22. The molecule has 0 fully saturated rings. The van der Waals surface area contributed by atoms with Crippen molar-refractivity contribution in [1.29, 1.82) is 0 Å². The molecule has 2 aromatic carbocycles. The Kier molecular flexibility index (Phi) is 4.18. The second-order valence-electron chi connectivity index (χ2n) is 3.88. The summed E-state index contributed by atoms with van der Waals surface area (Å²) in [5.74, 6) is 0.340. The van der Waals surface area contributed by atoms with Crippen molar-refractivity contribution in [3.63, 3.8) is 0 Å². The molecule has 0 saturated heterocycles. The van der Waals surface area contributed by atoms with Crippen molar-refractivity contribution in [2.75, 3.05) is 0 Å². The Morgan fingerprint density at radius 3 is 2.78 bits per heavy atom. The maximum absolute atomic E-state index is 13.5. The van der Waals surface area contributed by atoms with Crippen LogP contribution < -0.4 is 10.5 Å². The number of hydrogen-bond donors (Lipinski definition) is 1. The van der Waals surface area contributed by atoms with E-state index in [4.69, 9.17) is 22.1 Å². The Bertz CT molecular complexity index is 545. The van der Waals surface area contributed by atoms with Crippen molar-refractivity contribution in [1.82, 2.24) is 0 Å². The molecule has 0 aliphatic carbocycles. The minimum atomic E-state index is -0.325. The predicted octanol–water partition coefficient (Wildman–Crippen LogP) is 3.52. The van der Waals surface area contributed by atoms with Crippen LogP contribution in [0.4, 0.5) is 4.39 Å². The predicted molar refractivity (Wildman–Crippen MR) is 70.1 cm³/mol. The first-order valence-electron chi connectivity index (χ1n) is 5.55. The van der Waals surface area contributed by atoms with Crippen LogP contribution in [-0.2, 0) is 13.2 Å². The van der Waals surface area contributed by atoms with E-state index in [2.05, 4.69) is 0 Å². The van der Waals surface area contributed by atoms with Gasteiger partial charge in [-0.3, -0.25) is 0 Å². The lowest BCUT2D eigenvalue weighted by Crippen LogP contribution is -2.00. The van der Waals surface area contributed by atoms with E-state index >= 15 is 0 Å². The molecule has 4 heteroatoms. The van der Waals surface area contributed by atoms with Gasteiger partial charge in [-0.15, -0.1) is 0 Å². The summed E-state index contributed by atoms with van der Waals surface area (Å²) in [4.78, 5) is 0. The molecule has 0 aliphatic rings. The summed E-state index contributed by atoms with van der Waals surface area (Å²) in [5.41, 5.74) is 6.94. The van der Waals surface area contributed by atoms with Crippen molar-refractivity contribution in [2.24, 2.45) is 5.73 Å². The number of benzene rings is 2. The van der Waals surface area contributed by atoms with E-state index in [9.17, 15) is 4.39 Å². The molecule has 0 atom stereocenters. The minimum Gasteiger partial charge on any atom is -0.489 e. The molecule has 2 rings (SSSR count). The molecule has 2 nitrogen and oxygen atoms in total. The molecule has 2 N–H and O–H groups in total. The van der Waals surface area contributed by atoms with Gasteiger partial charge in [-0.2, -0.15) is 0 Å². The lowest BCUT2D eigenvalue weighted by molar-refractivity contribution is 0.299. The van der Waals surface area contributed by atoms with Gasteiger partial charge in [0.15, 0.2) is 0 Å². The van der Waals surface area contributed by atoms with Gasteiger partial charge in [0.1, 0.15) is 18.2 Å². The molecule has 0 saturated carbocycles. The number of rotatable bonds is 4. The highest BCUT2D eigenvalue weighted by Gasteiger charge is 2.04. The highest BCUT2D eigenvalue weighted by Crippen LogP contribution is 2.18. The second kappa shape index (κ2) is 5.85. The van der Waals surface area contributed by atoms with Crippen LogP contribution in [0.2, 0.25) is 5.02 Å². The summed E-state index contributed by atoms with van der Waals surface area (Å²) < 4.78 is 19.0. The molecule has 2 aromatic rings. The summed E-state index contributed by atoms with van der Waals surface area (Å²) in [6.07, 6.45) is 0. The topological polar surface area (TPSA) is 35.2 Å². The van der Waals surface area contributed by atoms with Crippen LogP contribution in [0, 0.1) is 5.82 Å². The standard InChI is InChI=1S/C14H13ClFNO/c15-12-4-5-14(16)11(7-12)9-18-13-3-1-2-10(6-13)8-17/h1-7H,8-9,17H2. The first kappa shape index (κ1) is 12.9. The summed E-state index contributed by atoms with van der Waals surface area (Å²) in [6.45, 7) is 0.586. The zero-order valence-electron chi connectivity index (χ0n) is 9.70. The highest BCUT2D eigenvalue weighted by molar-refractivity contribution is 6.30. The highest BCUT2D eigenvalue weighted by atomic mass is 35.5. The maximum Gasteiger partial charge on any atom is 0.129 e. The molecule has 94 valence electrons. The van der Waals surface area contributed by atoms with Gasteiger partial charge in [-0.25, -0.2) is 4.39 Å². The average Bonchev–Trinajstić information content (AvgIpc) is 2.40. The van der Waals surface area contributed by atoms with Crippen LogP contribution in [-0.4, -0.2) is 0 Å². The fourth-order valence-corrected chi connectivity index (χ4v) is 1.77. The van der Waals surface area contributed by atoms with Gasteiger partial charge < -0.3 is 10.5 Å². The maximum atomic E-state index is 13.5. The fraction of sp³-hybridized carbons (Fsp3) is 0.143. The Labute approximate surface area is 110 Å². The Balaban J connectivity index is 2.08. The van der Waals surface area contributed by atoms with Crippen LogP contribution in [0.5, 0.6) is 5.75 Å². The Morgan fingerprint density at radius 1 is 1.17 bits per heavy atom. The first-order valence-corrected chi connectivity index (χ1v) is 5.92. The lowest BCUT2D eigenvalue weighted by Gasteiger charge is -2.08. The van der Waals surface area contributed by atoms with E-state index in [0.717, 1.165) is 5.56 Å². The largest absolute Gasteiger partial charge is 0.489 e. The van der Waals surface area contributed by atoms with Crippen LogP contribution in [0.15, 0.2) is 42.5 Å². The average molecular weight is 266 g/mol. The van der Waals surface area contributed by atoms with Gasteiger partial charge in [0.2, 0.25) is 0 Å². The van der Waals surface area contributed by atoms with Crippen molar-refractivity contribution in [3.8, 4) is 5.75 Å². The lowest BCUT2D eigenvalue weighted by atomic mass is 10.2. The van der Waals surface area contributed by atoms with Gasteiger partial charge in [0, 0.05) is 17.1 Å².